The molecular formula is C28H40N4O5. The monoisotopic (exact) mass is 512 g/mol. The molecule has 0 saturated carbocycles. The fourth-order valence-corrected chi connectivity index (χ4v) is 5.09. The van der Waals surface area contributed by atoms with Crippen molar-refractivity contribution in [2.75, 3.05) is 32.7 Å². The van der Waals surface area contributed by atoms with E-state index in [9.17, 15) is 9.90 Å². The van der Waals surface area contributed by atoms with Crippen LogP contribution >= 0.6 is 0 Å². The van der Waals surface area contributed by atoms with Gasteiger partial charge in [-0.1, -0.05) is 13.0 Å². The summed E-state index contributed by atoms with van der Waals surface area (Å²) in [6, 6.07) is 9.84. The number of aliphatic hydroxyl groups excluding tert-OH is 1. The van der Waals surface area contributed by atoms with Crippen molar-refractivity contribution in [3.05, 3.63) is 54.1 Å². The summed E-state index contributed by atoms with van der Waals surface area (Å²) < 4.78 is 10.6. The fraction of sp³-hybridized carbons (Fsp3) is 0.536. The quantitative estimate of drug-likeness (QED) is 0.378. The van der Waals surface area contributed by atoms with Crippen LogP contribution in [0.1, 0.15) is 49.2 Å². The number of H-pyrrole nitrogens is 1. The van der Waals surface area contributed by atoms with Gasteiger partial charge in [0.15, 0.2) is 0 Å². The van der Waals surface area contributed by atoms with E-state index in [1.165, 1.54) is 0 Å². The van der Waals surface area contributed by atoms with Crippen molar-refractivity contribution in [3.8, 4) is 5.75 Å². The first kappa shape index (κ1) is 27.2. The fourth-order valence-electron chi connectivity index (χ4n) is 5.09. The van der Waals surface area contributed by atoms with Gasteiger partial charge in [-0.2, -0.15) is 0 Å². The molecule has 2 aliphatic heterocycles. The van der Waals surface area contributed by atoms with E-state index in [2.05, 4.69) is 28.6 Å². The first-order chi connectivity index (χ1) is 17.8. The Morgan fingerprint density at radius 2 is 2.03 bits per heavy atom. The molecule has 0 radical (unpaired) electrons. The molecule has 0 bridgehead atoms. The van der Waals surface area contributed by atoms with Crippen molar-refractivity contribution in [3.63, 3.8) is 0 Å². The topological polar surface area (TPSA) is 128 Å². The highest BCUT2D eigenvalue weighted by atomic mass is 16.5. The molecule has 5 rings (SSSR count). The predicted octanol–water partition coefficient (Wildman–Crippen LogP) is 3.54. The summed E-state index contributed by atoms with van der Waals surface area (Å²) >= 11 is 0. The molecule has 5 N–H and O–H groups in total. The molecule has 37 heavy (non-hydrogen) atoms. The lowest BCUT2D eigenvalue weighted by atomic mass is 9.95. The molecule has 1 aromatic carbocycles. The second-order valence-electron chi connectivity index (χ2n) is 10.4. The number of hydrogen-bond acceptors (Lipinski definition) is 7. The maximum Gasteiger partial charge on any atom is 0.352 e. The number of piperidine rings is 2. The second-order valence-corrected chi connectivity index (χ2v) is 10.4. The van der Waals surface area contributed by atoms with Gasteiger partial charge in [0.25, 0.3) is 0 Å². The summed E-state index contributed by atoms with van der Waals surface area (Å²) in [5.74, 6) is 0.0652. The Labute approximate surface area is 218 Å². The Morgan fingerprint density at radius 1 is 1.24 bits per heavy atom. The number of nitrogens with zero attached hydrogens (tertiary/aromatic N) is 2. The van der Waals surface area contributed by atoms with E-state index in [0.29, 0.717) is 30.4 Å². The average molecular weight is 513 g/mol. The number of carbonyl (C=O) groups is 1. The van der Waals surface area contributed by atoms with Crippen molar-refractivity contribution in [1.82, 2.24) is 14.8 Å². The number of hydrogen-bond donors (Lipinski definition) is 4. The number of furan rings is 1. The largest absolute Gasteiger partial charge is 0.488 e. The Balaban J connectivity index is 0.000000173. The minimum absolute atomic E-state index is 0.0959. The zero-order valence-corrected chi connectivity index (χ0v) is 21.8. The summed E-state index contributed by atoms with van der Waals surface area (Å²) in [7, 11) is 0. The maximum atomic E-state index is 10.9. The summed E-state index contributed by atoms with van der Waals surface area (Å²) in [5.41, 5.74) is 7.75. The summed E-state index contributed by atoms with van der Waals surface area (Å²) in [6.07, 6.45) is 6.30. The van der Waals surface area contributed by atoms with Crippen LogP contribution in [-0.2, 0) is 6.61 Å². The first-order valence-electron chi connectivity index (χ1n) is 13.2. The highest BCUT2D eigenvalue weighted by molar-refractivity contribution is 5.96. The zero-order chi connectivity index (χ0) is 26.4. The van der Waals surface area contributed by atoms with Crippen molar-refractivity contribution < 1.29 is 24.2 Å². The van der Waals surface area contributed by atoms with Crippen LogP contribution < -0.4 is 10.5 Å². The van der Waals surface area contributed by atoms with E-state index >= 15 is 0 Å². The summed E-state index contributed by atoms with van der Waals surface area (Å²) in [5, 5.41) is 19.5. The van der Waals surface area contributed by atoms with Crippen LogP contribution in [-0.4, -0.2) is 81.9 Å². The molecule has 2 aliphatic rings. The molecule has 9 nitrogen and oxygen atoms in total. The molecule has 0 spiro atoms. The molecule has 0 unspecified atom stereocenters. The van der Waals surface area contributed by atoms with Gasteiger partial charge in [0.05, 0.1) is 18.6 Å². The number of nitrogens with one attached hydrogen (secondary N) is 1. The molecule has 3 aromatic rings. The lowest BCUT2D eigenvalue weighted by Gasteiger charge is -2.41. The number of benzene rings is 1. The molecule has 3 atom stereocenters. The van der Waals surface area contributed by atoms with Crippen molar-refractivity contribution in [1.29, 1.82) is 0 Å². The summed E-state index contributed by atoms with van der Waals surface area (Å²) in [6.45, 7) is 10.4. The van der Waals surface area contributed by atoms with Crippen LogP contribution in [0.15, 0.2) is 47.3 Å². The molecular weight excluding hydrogens is 472 g/mol. The number of aromatic nitrogens is 1. The van der Waals surface area contributed by atoms with Crippen LogP contribution in [0.4, 0.5) is 0 Å². The molecule has 0 aliphatic carbocycles. The highest BCUT2D eigenvalue weighted by Crippen LogP contribution is 2.27. The van der Waals surface area contributed by atoms with Crippen LogP contribution in [0.3, 0.4) is 0 Å². The third-order valence-corrected chi connectivity index (χ3v) is 7.50. The zero-order valence-electron chi connectivity index (χ0n) is 21.8. The van der Waals surface area contributed by atoms with Gasteiger partial charge < -0.3 is 35.0 Å². The summed E-state index contributed by atoms with van der Waals surface area (Å²) in [4.78, 5) is 18.9. The van der Waals surface area contributed by atoms with Crippen LogP contribution in [0, 0.1) is 5.92 Å². The smallest absolute Gasteiger partial charge is 0.352 e. The van der Waals surface area contributed by atoms with Gasteiger partial charge >= 0.3 is 5.97 Å². The van der Waals surface area contributed by atoms with E-state index in [4.69, 9.17) is 20.0 Å². The van der Waals surface area contributed by atoms with Crippen molar-refractivity contribution in [2.45, 2.75) is 57.9 Å². The van der Waals surface area contributed by atoms with E-state index in [1.807, 2.05) is 24.3 Å². The van der Waals surface area contributed by atoms with Crippen LogP contribution in [0.25, 0.3) is 10.9 Å². The number of carboxylic acid groups (broad SMARTS) is 1. The van der Waals surface area contributed by atoms with E-state index in [-0.39, 0.29) is 11.8 Å². The molecule has 4 heterocycles. The second kappa shape index (κ2) is 12.6. The van der Waals surface area contributed by atoms with Crippen molar-refractivity contribution >= 4 is 16.9 Å². The average Bonchev–Trinajstić information content (AvgIpc) is 3.56. The number of carboxylic acids is 1. The number of ether oxygens (including phenoxy) is 1. The predicted molar refractivity (Wildman–Crippen MR) is 143 cm³/mol. The van der Waals surface area contributed by atoms with E-state index < -0.39 is 5.97 Å². The molecule has 9 heteroatoms. The minimum Gasteiger partial charge on any atom is -0.488 e. The van der Waals surface area contributed by atoms with Gasteiger partial charge in [-0.25, -0.2) is 4.79 Å². The molecule has 2 aromatic heterocycles. The lowest BCUT2D eigenvalue weighted by Crippen LogP contribution is -2.51. The van der Waals surface area contributed by atoms with Crippen LogP contribution in [0.2, 0.25) is 0 Å². The number of aromatic amines is 1. The van der Waals surface area contributed by atoms with Gasteiger partial charge in [0.1, 0.15) is 18.1 Å². The minimum atomic E-state index is -0.989. The number of aromatic carboxylic acids is 1. The number of fused-ring (bicyclic) bond motifs is 1. The first-order valence-corrected chi connectivity index (χ1v) is 13.2. The number of rotatable bonds is 7. The SMILES string of the molecule is C[C@H]1CN([C@@H](C)CN2CCC(N)CC2)CC[C@@H]1O.O=C(O)c1cc2c(OCc3ccoc3)cccc2[nH]1. The standard InChI is InChI=1S/C14H29N3O.C14H11NO4/c1-11-9-17(8-5-14(11)18)12(2)10-16-6-3-13(15)4-7-16;16-14(17)12-6-10-11(15-12)2-1-3-13(10)19-8-9-4-5-18-7-9/h11-14,18H,3-10,15H2,1-2H3;1-7,15H,8H2,(H,16,17)/t11-,12-,14-;/m0./s1. The Hall–Kier alpha value is -2.85. The van der Waals surface area contributed by atoms with Gasteiger partial charge in [0.2, 0.25) is 0 Å². The highest BCUT2D eigenvalue weighted by Gasteiger charge is 2.28. The van der Waals surface area contributed by atoms with Gasteiger partial charge in [-0.15, -0.1) is 0 Å². The molecule has 0 amide bonds. The third kappa shape index (κ3) is 7.35. The van der Waals surface area contributed by atoms with Gasteiger partial charge in [0, 0.05) is 48.2 Å². The number of nitrogens with two attached hydrogens (primary N) is 1. The van der Waals surface area contributed by atoms with E-state index in [0.717, 1.165) is 68.5 Å². The van der Waals surface area contributed by atoms with Crippen molar-refractivity contribution in [2.24, 2.45) is 11.7 Å². The molecule has 202 valence electrons. The van der Waals surface area contributed by atoms with Gasteiger partial charge in [-0.05, 0) is 69.5 Å². The third-order valence-electron chi connectivity index (χ3n) is 7.50. The lowest BCUT2D eigenvalue weighted by molar-refractivity contribution is 0.0119. The number of likely N-dealkylation sites (tertiary alicyclic amines) is 2. The normalized spacial score (nSPS) is 22.4. The Kier molecular flexibility index (Phi) is 9.26. The van der Waals surface area contributed by atoms with Crippen LogP contribution in [0.5, 0.6) is 5.75 Å². The Bertz CT molecular complexity index is 1120. The molecule has 2 saturated heterocycles. The Morgan fingerprint density at radius 3 is 2.70 bits per heavy atom. The maximum absolute atomic E-state index is 10.9. The number of aliphatic hydroxyl groups is 1. The van der Waals surface area contributed by atoms with Gasteiger partial charge in [-0.3, -0.25) is 4.90 Å². The van der Waals surface area contributed by atoms with E-state index in [1.54, 1.807) is 18.6 Å². The molecule has 2 fully saturated rings.